The molecule has 24 heavy (non-hydrogen) atoms. The number of aromatic nitrogens is 3. The lowest BCUT2D eigenvalue weighted by Crippen LogP contribution is -2.39. The van der Waals surface area contributed by atoms with Crippen LogP contribution in [0.15, 0.2) is 29.8 Å². The lowest BCUT2D eigenvalue weighted by molar-refractivity contribution is 0.0700. The normalized spacial score (nSPS) is 18.2. The Morgan fingerprint density at radius 1 is 1.33 bits per heavy atom. The number of pyridine rings is 1. The van der Waals surface area contributed by atoms with Gasteiger partial charge < -0.3 is 4.90 Å². The quantitative estimate of drug-likeness (QED) is 0.718. The van der Waals surface area contributed by atoms with Crippen LogP contribution in [0.2, 0.25) is 0 Å². The van der Waals surface area contributed by atoms with Crippen molar-refractivity contribution in [3.05, 3.63) is 52.7 Å². The maximum atomic E-state index is 12.7. The number of amides is 1. The largest absolute Gasteiger partial charge is 0.337 e. The predicted molar refractivity (Wildman–Crippen MR) is 94.7 cm³/mol. The highest BCUT2D eigenvalue weighted by molar-refractivity contribution is 7.15. The van der Waals surface area contributed by atoms with Crippen molar-refractivity contribution >= 4 is 22.1 Å². The fraction of sp³-hybridized carbons (Fsp3) is 0.389. The van der Waals surface area contributed by atoms with Crippen molar-refractivity contribution in [3.63, 3.8) is 0 Å². The number of thiazole rings is 1. The third-order valence-electron chi connectivity index (χ3n) is 4.70. The minimum atomic E-state index is 0.0230. The van der Waals surface area contributed by atoms with E-state index in [-0.39, 0.29) is 5.91 Å². The maximum absolute atomic E-state index is 12.7. The molecule has 0 N–H and O–H groups in total. The van der Waals surface area contributed by atoms with E-state index < -0.39 is 0 Å². The zero-order valence-corrected chi connectivity index (χ0v) is 14.7. The maximum Gasteiger partial charge on any atom is 0.272 e. The predicted octanol–water partition coefficient (Wildman–Crippen LogP) is 3.43. The Kier molecular flexibility index (Phi) is 3.84. The zero-order valence-electron chi connectivity index (χ0n) is 13.9. The van der Waals surface area contributed by atoms with Crippen LogP contribution < -0.4 is 0 Å². The molecule has 1 aliphatic rings. The number of hydrogen-bond donors (Lipinski definition) is 0. The second-order valence-corrected chi connectivity index (χ2v) is 7.23. The molecule has 0 saturated carbocycles. The lowest BCUT2D eigenvalue weighted by Gasteiger charge is -2.31. The molecule has 4 rings (SSSR count). The molecule has 3 aromatic heterocycles. The minimum absolute atomic E-state index is 0.0230. The van der Waals surface area contributed by atoms with Crippen LogP contribution in [-0.4, -0.2) is 38.3 Å². The van der Waals surface area contributed by atoms with Gasteiger partial charge in [-0.05, 0) is 38.8 Å². The van der Waals surface area contributed by atoms with Gasteiger partial charge in [-0.3, -0.25) is 14.2 Å². The first-order valence-electron chi connectivity index (χ1n) is 8.28. The van der Waals surface area contributed by atoms with Crippen molar-refractivity contribution in [1.29, 1.82) is 0 Å². The van der Waals surface area contributed by atoms with Gasteiger partial charge in [0.1, 0.15) is 16.3 Å². The van der Waals surface area contributed by atoms with E-state index in [4.69, 9.17) is 4.98 Å². The van der Waals surface area contributed by atoms with E-state index in [0.717, 1.165) is 37.4 Å². The highest BCUT2D eigenvalue weighted by Gasteiger charge is 2.29. The highest BCUT2D eigenvalue weighted by Crippen LogP contribution is 2.33. The van der Waals surface area contributed by atoms with Gasteiger partial charge in [0.25, 0.3) is 5.91 Å². The SMILES string of the molecule is Cc1csc2c([C@@H]3CCCN(C(=O)c4ccccn4)C3)nc(C)n12. The van der Waals surface area contributed by atoms with Crippen molar-refractivity contribution < 1.29 is 4.79 Å². The molecule has 0 unspecified atom stereocenters. The summed E-state index contributed by atoms with van der Waals surface area (Å²) in [6.45, 7) is 5.68. The summed E-state index contributed by atoms with van der Waals surface area (Å²) in [7, 11) is 0. The molecule has 0 aliphatic carbocycles. The molecule has 0 spiro atoms. The number of imidazole rings is 1. The molecule has 1 saturated heterocycles. The second kappa shape index (κ2) is 6.02. The fourth-order valence-electron chi connectivity index (χ4n) is 3.56. The number of rotatable bonds is 2. The monoisotopic (exact) mass is 340 g/mol. The van der Waals surface area contributed by atoms with Crippen molar-refractivity contribution in [2.75, 3.05) is 13.1 Å². The number of aryl methyl sites for hydroxylation is 2. The first-order chi connectivity index (χ1) is 11.6. The molecule has 5 nitrogen and oxygen atoms in total. The Bertz CT molecular complexity index is 883. The molecule has 124 valence electrons. The molecule has 0 radical (unpaired) electrons. The third-order valence-corrected chi connectivity index (χ3v) is 5.78. The molecule has 1 amide bonds. The van der Waals surface area contributed by atoms with E-state index in [1.165, 1.54) is 10.5 Å². The van der Waals surface area contributed by atoms with Crippen LogP contribution in [0.3, 0.4) is 0 Å². The van der Waals surface area contributed by atoms with E-state index in [2.05, 4.69) is 28.6 Å². The van der Waals surface area contributed by atoms with Gasteiger partial charge in [0.15, 0.2) is 0 Å². The summed E-state index contributed by atoms with van der Waals surface area (Å²) in [4.78, 5) is 24.9. The average molecular weight is 340 g/mol. The molecule has 4 heterocycles. The molecular weight excluding hydrogens is 320 g/mol. The van der Waals surface area contributed by atoms with Crippen molar-refractivity contribution in [1.82, 2.24) is 19.3 Å². The standard InChI is InChI=1S/C18H20N4OS/c1-12-11-24-18-16(20-13(2)22(12)18)14-6-5-9-21(10-14)17(23)15-7-3-4-8-19-15/h3-4,7-8,11,14H,5-6,9-10H2,1-2H3/t14-/m1/s1. The second-order valence-electron chi connectivity index (χ2n) is 6.37. The van der Waals surface area contributed by atoms with Crippen LogP contribution in [0.1, 0.15) is 46.5 Å². The van der Waals surface area contributed by atoms with E-state index in [9.17, 15) is 4.79 Å². The van der Waals surface area contributed by atoms with Gasteiger partial charge in [-0.15, -0.1) is 11.3 Å². The lowest BCUT2D eigenvalue weighted by atomic mass is 9.95. The summed E-state index contributed by atoms with van der Waals surface area (Å²) < 4.78 is 2.22. The molecule has 1 aliphatic heterocycles. The minimum Gasteiger partial charge on any atom is -0.337 e. The summed E-state index contributed by atoms with van der Waals surface area (Å²) in [6, 6.07) is 5.48. The third kappa shape index (κ3) is 2.51. The van der Waals surface area contributed by atoms with E-state index >= 15 is 0 Å². The Labute approximate surface area is 145 Å². The van der Waals surface area contributed by atoms with Crippen LogP contribution >= 0.6 is 11.3 Å². The number of nitrogens with zero attached hydrogens (tertiary/aromatic N) is 4. The Morgan fingerprint density at radius 3 is 3.00 bits per heavy atom. The number of carbonyl (C=O) groups is 1. The molecule has 0 aromatic carbocycles. The van der Waals surface area contributed by atoms with Crippen molar-refractivity contribution in [3.8, 4) is 0 Å². The average Bonchev–Trinajstić information content (AvgIpc) is 3.16. The van der Waals surface area contributed by atoms with Crippen molar-refractivity contribution in [2.45, 2.75) is 32.6 Å². The summed E-state index contributed by atoms with van der Waals surface area (Å²) in [5, 5.41) is 2.17. The summed E-state index contributed by atoms with van der Waals surface area (Å²) in [5.41, 5.74) is 2.89. The summed E-state index contributed by atoms with van der Waals surface area (Å²) >= 11 is 1.75. The van der Waals surface area contributed by atoms with Crippen LogP contribution in [0, 0.1) is 13.8 Å². The molecule has 0 bridgehead atoms. The molecule has 1 atom stereocenters. The molecule has 3 aromatic rings. The molecule has 1 fully saturated rings. The number of hydrogen-bond acceptors (Lipinski definition) is 4. The number of likely N-dealkylation sites (tertiary alicyclic amines) is 1. The Balaban J connectivity index is 1.62. The Morgan fingerprint density at radius 2 is 2.21 bits per heavy atom. The topological polar surface area (TPSA) is 50.5 Å². The first kappa shape index (κ1) is 15.3. The Hall–Kier alpha value is -2.21. The molecule has 6 heteroatoms. The van der Waals surface area contributed by atoms with Crippen LogP contribution in [-0.2, 0) is 0 Å². The number of carbonyl (C=O) groups excluding carboxylic acids is 1. The summed E-state index contributed by atoms with van der Waals surface area (Å²) in [6.07, 6.45) is 3.76. The first-order valence-corrected chi connectivity index (χ1v) is 9.16. The van der Waals surface area contributed by atoms with E-state index in [0.29, 0.717) is 11.6 Å². The van der Waals surface area contributed by atoms with E-state index in [1.807, 2.05) is 17.0 Å². The number of piperidine rings is 1. The van der Waals surface area contributed by atoms with Gasteiger partial charge >= 0.3 is 0 Å². The molecular formula is C18H20N4OS. The smallest absolute Gasteiger partial charge is 0.272 e. The van der Waals surface area contributed by atoms with Crippen molar-refractivity contribution in [2.24, 2.45) is 0 Å². The zero-order chi connectivity index (χ0) is 16.7. The summed E-state index contributed by atoms with van der Waals surface area (Å²) in [5.74, 6) is 1.36. The highest BCUT2D eigenvalue weighted by atomic mass is 32.1. The van der Waals surface area contributed by atoms with Gasteiger partial charge in [-0.2, -0.15) is 0 Å². The van der Waals surface area contributed by atoms with Gasteiger partial charge in [0.05, 0.1) is 5.69 Å². The van der Waals surface area contributed by atoms with Crippen LogP contribution in [0.5, 0.6) is 0 Å². The fourth-order valence-corrected chi connectivity index (χ4v) is 4.66. The van der Waals surface area contributed by atoms with Gasteiger partial charge in [0.2, 0.25) is 0 Å². The van der Waals surface area contributed by atoms with Crippen LogP contribution in [0.4, 0.5) is 0 Å². The van der Waals surface area contributed by atoms with Gasteiger partial charge in [0, 0.05) is 36.3 Å². The van der Waals surface area contributed by atoms with Crippen LogP contribution in [0.25, 0.3) is 4.83 Å². The van der Waals surface area contributed by atoms with E-state index in [1.54, 1.807) is 23.6 Å². The number of fused-ring (bicyclic) bond motifs is 1. The van der Waals surface area contributed by atoms with Gasteiger partial charge in [-0.25, -0.2) is 4.98 Å². The van der Waals surface area contributed by atoms with Gasteiger partial charge in [-0.1, -0.05) is 6.07 Å².